The molecule has 0 aliphatic heterocycles. The molecule has 2 aromatic rings. The number of nitrogens with one attached hydrogen (secondary N) is 1. The maximum absolute atomic E-state index is 12.9. The van der Waals surface area contributed by atoms with Crippen LogP contribution in [0, 0.1) is 5.82 Å². The minimum absolute atomic E-state index is 0.132. The molecule has 0 bridgehead atoms. The molecular formula is C16H20FN3O2. The standard InChI is InChI=1S/C16H20FN3O2/c1-2-15(21)7-9-18-16(22)11-13-8-10-20(19-13)14-5-3-12(17)4-6-14/h3-6,8,10,15,21H,2,7,9,11H2,1H3,(H,18,22). The van der Waals surface area contributed by atoms with Crippen molar-refractivity contribution in [2.75, 3.05) is 6.54 Å². The summed E-state index contributed by atoms with van der Waals surface area (Å²) in [6.45, 7) is 2.35. The largest absolute Gasteiger partial charge is 0.393 e. The van der Waals surface area contributed by atoms with Gasteiger partial charge in [-0.25, -0.2) is 9.07 Å². The fourth-order valence-corrected chi connectivity index (χ4v) is 2.00. The minimum Gasteiger partial charge on any atom is -0.393 e. The van der Waals surface area contributed by atoms with Crippen molar-refractivity contribution in [3.05, 3.63) is 48.0 Å². The van der Waals surface area contributed by atoms with Crippen LogP contribution >= 0.6 is 0 Å². The Hall–Kier alpha value is -2.21. The number of aliphatic hydroxyl groups excluding tert-OH is 1. The number of carbonyl (C=O) groups is 1. The Kier molecular flexibility index (Phi) is 5.66. The van der Waals surface area contributed by atoms with E-state index in [1.165, 1.54) is 12.1 Å². The van der Waals surface area contributed by atoms with E-state index in [1.807, 2.05) is 6.92 Å². The molecule has 0 fully saturated rings. The maximum atomic E-state index is 12.9. The van der Waals surface area contributed by atoms with E-state index in [4.69, 9.17) is 0 Å². The zero-order valence-electron chi connectivity index (χ0n) is 12.5. The molecule has 1 amide bonds. The average Bonchev–Trinajstić information content (AvgIpc) is 2.96. The van der Waals surface area contributed by atoms with Crippen molar-refractivity contribution in [3.8, 4) is 5.69 Å². The lowest BCUT2D eigenvalue weighted by Gasteiger charge is -2.08. The fraction of sp³-hybridized carbons (Fsp3) is 0.375. The molecule has 0 saturated carbocycles. The van der Waals surface area contributed by atoms with Gasteiger partial charge >= 0.3 is 0 Å². The van der Waals surface area contributed by atoms with E-state index in [1.54, 1.807) is 29.1 Å². The van der Waals surface area contributed by atoms with Gasteiger partial charge in [0.05, 0.1) is 23.9 Å². The molecule has 2 rings (SSSR count). The molecule has 1 aromatic heterocycles. The van der Waals surface area contributed by atoms with Crippen LogP contribution in [0.25, 0.3) is 5.69 Å². The second kappa shape index (κ2) is 7.70. The van der Waals surface area contributed by atoms with Gasteiger partial charge < -0.3 is 10.4 Å². The molecule has 1 aromatic carbocycles. The molecule has 0 saturated heterocycles. The van der Waals surface area contributed by atoms with E-state index in [0.29, 0.717) is 25.1 Å². The van der Waals surface area contributed by atoms with Crippen molar-refractivity contribution >= 4 is 5.91 Å². The summed E-state index contributed by atoms with van der Waals surface area (Å²) in [5.41, 5.74) is 1.37. The summed E-state index contributed by atoms with van der Waals surface area (Å²) in [6.07, 6.45) is 2.76. The summed E-state index contributed by atoms with van der Waals surface area (Å²) < 4.78 is 14.5. The van der Waals surface area contributed by atoms with Gasteiger partial charge in [-0.1, -0.05) is 6.92 Å². The number of aliphatic hydroxyl groups is 1. The second-order valence-electron chi connectivity index (χ2n) is 5.11. The molecule has 1 heterocycles. The number of amides is 1. The second-order valence-corrected chi connectivity index (χ2v) is 5.11. The molecular weight excluding hydrogens is 285 g/mol. The number of halogens is 1. The van der Waals surface area contributed by atoms with Gasteiger partial charge in [0, 0.05) is 12.7 Å². The molecule has 1 unspecified atom stereocenters. The summed E-state index contributed by atoms with van der Waals surface area (Å²) in [5, 5.41) is 16.5. The van der Waals surface area contributed by atoms with Gasteiger partial charge in [0.15, 0.2) is 0 Å². The van der Waals surface area contributed by atoms with E-state index in [-0.39, 0.29) is 24.2 Å². The number of hydrogen-bond donors (Lipinski definition) is 2. The normalized spacial score (nSPS) is 12.1. The summed E-state index contributed by atoms with van der Waals surface area (Å²) in [7, 11) is 0. The Morgan fingerprint density at radius 1 is 1.36 bits per heavy atom. The smallest absolute Gasteiger partial charge is 0.226 e. The molecule has 0 radical (unpaired) electrons. The third kappa shape index (κ3) is 4.66. The Balaban J connectivity index is 1.86. The number of benzene rings is 1. The molecule has 1 atom stereocenters. The van der Waals surface area contributed by atoms with E-state index in [0.717, 1.165) is 5.69 Å². The number of hydrogen-bond acceptors (Lipinski definition) is 3. The van der Waals surface area contributed by atoms with Crippen molar-refractivity contribution in [1.82, 2.24) is 15.1 Å². The maximum Gasteiger partial charge on any atom is 0.226 e. The Morgan fingerprint density at radius 3 is 2.77 bits per heavy atom. The predicted molar refractivity (Wildman–Crippen MR) is 81.2 cm³/mol. The highest BCUT2D eigenvalue weighted by molar-refractivity contribution is 5.78. The number of carbonyl (C=O) groups excluding carboxylic acids is 1. The molecule has 0 spiro atoms. The summed E-state index contributed by atoms with van der Waals surface area (Å²) in [6, 6.07) is 7.73. The molecule has 0 aliphatic carbocycles. The van der Waals surface area contributed by atoms with Gasteiger partial charge in [-0.15, -0.1) is 0 Å². The van der Waals surface area contributed by atoms with E-state index < -0.39 is 0 Å². The first-order valence-electron chi connectivity index (χ1n) is 7.33. The molecule has 5 nitrogen and oxygen atoms in total. The lowest BCUT2D eigenvalue weighted by molar-refractivity contribution is -0.120. The van der Waals surface area contributed by atoms with Crippen LogP contribution in [0.3, 0.4) is 0 Å². The fourth-order valence-electron chi connectivity index (χ4n) is 2.00. The number of aromatic nitrogens is 2. The molecule has 22 heavy (non-hydrogen) atoms. The van der Waals surface area contributed by atoms with Crippen molar-refractivity contribution in [3.63, 3.8) is 0 Å². The summed E-state index contributed by atoms with van der Waals surface area (Å²) >= 11 is 0. The van der Waals surface area contributed by atoms with Crippen LogP contribution in [-0.2, 0) is 11.2 Å². The highest BCUT2D eigenvalue weighted by Crippen LogP contribution is 2.09. The first kappa shape index (κ1) is 16.2. The van der Waals surface area contributed by atoms with Crippen LogP contribution < -0.4 is 5.32 Å². The zero-order chi connectivity index (χ0) is 15.9. The molecule has 2 N–H and O–H groups in total. The monoisotopic (exact) mass is 305 g/mol. The van der Waals surface area contributed by atoms with Crippen LogP contribution in [0.2, 0.25) is 0 Å². The number of nitrogens with zero attached hydrogens (tertiary/aromatic N) is 2. The van der Waals surface area contributed by atoms with Crippen molar-refractivity contribution < 1.29 is 14.3 Å². The predicted octanol–water partition coefficient (Wildman–Crippen LogP) is 1.83. The van der Waals surface area contributed by atoms with Gasteiger partial charge in [0.25, 0.3) is 0 Å². The average molecular weight is 305 g/mol. The van der Waals surface area contributed by atoms with Gasteiger partial charge in [-0.2, -0.15) is 5.10 Å². The van der Waals surface area contributed by atoms with Crippen molar-refractivity contribution in [1.29, 1.82) is 0 Å². The van der Waals surface area contributed by atoms with E-state index in [9.17, 15) is 14.3 Å². The van der Waals surface area contributed by atoms with E-state index >= 15 is 0 Å². The Labute approximate surface area is 128 Å². The summed E-state index contributed by atoms with van der Waals surface area (Å²) in [4.78, 5) is 11.8. The first-order chi connectivity index (χ1) is 10.6. The van der Waals surface area contributed by atoms with Crippen LogP contribution in [-0.4, -0.2) is 33.4 Å². The van der Waals surface area contributed by atoms with Crippen LogP contribution in [0.5, 0.6) is 0 Å². The van der Waals surface area contributed by atoms with Crippen molar-refractivity contribution in [2.45, 2.75) is 32.3 Å². The number of rotatable bonds is 7. The van der Waals surface area contributed by atoms with E-state index in [2.05, 4.69) is 10.4 Å². The van der Waals surface area contributed by atoms with Crippen LogP contribution in [0.1, 0.15) is 25.5 Å². The Morgan fingerprint density at radius 2 is 2.09 bits per heavy atom. The minimum atomic E-state index is -0.377. The zero-order valence-corrected chi connectivity index (χ0v) is 12.5. The third-order valence-electron chi connectivity index (χ3n) is 3.35. The highest BCUT2D eigenvalue weighted by Gasteiger charge is 2.08. The van der Waals surface area contributed by atoms with Gasteiger partial charge in [0.1, 0.15) is 5.82 Å². The third-order valence-corrected chi connectivity index (χ3v) is 3.35. The first-order valence-corrected chi connectivity index (χ1v) is 7.33. The molecule has 0 aliphatic rings. The van der Waals surface area contributed by atoms with Crippen LogP contribution in [0.4, 0.5) is 4.39 Å². The van der Waals surface area contributed by atoms with Gasteiger partial charge in [-0.3, -0.25) is 4.79 Å². The highest BCUT2D eigenvalue weighted by atomic mass is 19.1. The SMILES string of the molecule is CCC(O)CCNC(=O)Cc1ccn(-c2ccc(F)cc2)n1. The van der Waals surface area contributed by atoms with Crippen LogP contribution in [0.15, 0.2) is 36.5 Å². The van der Waals surface area contributed by atoms with Crippen molar-refractivity contribution in [2.24, 2.45) is 0 Å². The quantitative estimate of drug-likeness (QED) is 0.820. The van der Waals surface area contributed by atoms with Gasteiger partial charge in [-0.05, 0) is 43.2 Å². The lowest BCUT2D eigenvalue weighted by atomic mass is 10.2. The molecule has 6 heteroatoms. The lowest BCUT2D eigenvalue weighted by Crippen LogP contribution is -2.28. The topological polar surface area (TPSA) is 67.2 Å². The Bertz CT molecular complexity index is 610. The van der Waals surface area contributed by atoms with Gasteiger partial charge in [0.2, 0.25) is 5.91 Å². The summed E-state index contributed by atoms with van der Waals surface area (Å²) in [5.74, 6) is -0.433. The molecule has 118 valence electrons.